The van der Waals surface area contributed by atoms with Crippen LogP contribution in [0.4, 0.5) is 26.2 Å². The maximum atomic E-state index is 15.2. The number of nitrogens with zero attached hydrogens (tertiary/aromatic N) is 6. The number of aromatic nitrogens is 2. The lowest BCUT2D eigenvalue weighted by atomic mass is 9.89. The molecule has 56 heavy (non-hydrogen) atoms. The first kappa shape index (κ1) is 36.6. The lowest BCUT2D eigenvalue weighted by Gasteiger charge is -2.38. The number of aromatic amines is 1. The number of carbonyl (C=O) groups is 2. The van der Waals surface area contributed by atoms with E-state index in [0.717, 1.165) is 99.0 Å². The summed E-state index contributed by atoms with van der Waals surface area (Å²) in [5, 5.41) is 14.1. The van der Waals surface area contributed by atoms with Crippen molar-refractivity contribution in [3.8, 4) is 6.07 Å². The molecular formula is C44H48ClFN8O2. The number of likely N-dealkylation sites (tertiary alicyclic amines) is 1. The van der Waals surface area contributed by atoms with Gasteiger partial charge in [0.2, 0.25) is 5.91 Å². The van der Waals surface area contributed by atoms with E-state index in [0.29, 0.717) is 28.3 Å². The first-order valence-corrected chi connectivity index (χ1v) is 20.5. The lowest BCUT2D eigenvalue weighted by Crippen LogP contribution is -2.49. The molecule has 3 aromatic carbocycles. The van der Waals surface area contributed by atoms with Gasteiger partial charge >= 0.3 is 6.03 Å². The van der Waals surface area contributed by atoms with E-state index in [1.807, 2.05) is 13.1 Å². The third-order valence-electron chi connectivity index (χ3n) is 13.0. The second-order valence-electron chi connectivity index (χ2n) is 16.3. The average molecular weight is 775 g/mol. The fourth-order valence-electron chi connectivity index (χ4n) is 9.88. The van der Waals surface area contributed by atoms with Crippen molar-refractivity contribution in [1.29, 1.82) is 5.26 Å². The number of carbonyl (C=O) groups excluding carboxylic acids is 2. The van der Waals surface area contributed by atoms with E-state index in [1.165, 1.54) is 40.8 Å². The van der Waals surface area contributed by atoms with Gasteiger partial charge < -0.3 is 24.3 Å². The molecule has 0 bridgehead atoms. The molecule has 2 aromatic heterocycles. The van der Waals surface area contributed by atoms with Crippen molar-refractivity contribution < 1.29 is 14.0 Å². The smallest absolute Gasteiger partial charge is 0.328 e. The van der Waals surface area contributed by atoms with Crippen LogP contribution in [0, 0.1) is 23.1 Å². The Labute approximate surface area is 331 Å². The first-order valence-electron chi connectivity index (χ1n) is 20.2. The van der Waals surface area contributed by atoms with Gasteiger partial charge in [0.25, 0.3) is 0 Å². The monoisotopic (exact) mass is 774 g/mol. The summed E-state index contributed by atoms with van der Waals surface area (Å²) in [6.07, 6.45) is 8.73. The fourth-order valence-corrected chi connectivity index (χ4v) is 10.1. The van der Waals surface area contributed by atoms with Crippen LogP contribution in [-0.4, -0.2) is 78.7 Å². The Morgan fingerprint density at radius 2 is 1.66 bits per heavy atom. The van der Waals surface area contributed by atoms with Gasteiger partial charge in [-0.15, -0.1) is 0 Å². The van der Waals surface area contributed by atoms with E-state index in [4.69, 9.17) is 11.6 Å². The van der Waals surface area contributed by atoms with E-state index in [9.17, 15) is 14.9 Å². The number of nitriles is 1. The zero-order valence-corrected chi connectivity index (χ0v) is 32.6. The van der Waals surface area contributed by atoms with Crippen molar-refractivity contribution in [2.24, 2.45) is 13.0 Å². The molecule has 1 unspecified atom stereocenters. The van der Waals surface area contributed by atoms with Crippen LogP contribution in [0.2, 0.25) is 5.02 Å². The Bertz CT molecular complexity index is 2330. The fraction of sp³-hybridized carbons (Fsp3) is 0.432. The highest BCUT2D eigenvalue weighted by Gasteiger charge is 2.30. The van der Waals surface area contributed by atoms with Gasteiger partial charge in [-0.05, 0) is 106 Å². The van der Waals surface area contributed by atoms with Crippen LogP contribution >= 0.6 is 11.6 Å². The van der Waals surface area contributed by atoms with Gasteiger partial charge in [0, 0.05) is 92.9 Å². The summed E-state index contributed by atoms with van der Waals surface area (Å²) in [5.74, 6) is 0.764. The van der Waals surface area contributed by atoms with E-state index in [2.05, 4.69) is 72.0 Å². The zero-order chi connectivity index (χ0) is 38.5. The number of hydrogen-bond donors (Lipinski definition) is 2. The van der Waals surface area contributed by atoms with E-state index in [1.54, 1.807) is 12.3 Å². The van der Waals surface area contributed by atoms with Crippen LogP contribution in [0.1, 0.15) is 73.6 Å². The Hall–Kier alpha value is -5.05. The van der Waals surface area contributed by atoms with Crippen molar-refractivity contribution in [1.82, 2.24) is 19.8 Å². The number of halogens is 2. The molecule has 9 rings (SSSR count). The van der Waals surface area contributed by atoms with Gasteiger partial charge in [0.15, 0.2) is 0 Å². The van der Waals surface area contributed by atoms with Crippen molar-refractivity contribution in [2.75, 3.05) is 67.1 Å². The number of hydrogen-bond acceptors (Lipinski definition) is 6. The number of fused-ring (bicyclic) bond motifs is 2. The number of anilines is 3. The van der Waals surface area contributed by atoms with Crippen LogP contribution in [0.15, 0.2) is 60.8 Å². The first-order chi connectivity index (χ1) is 27.2. The van der Waals surface area contributed by atoms with Gasteiger partial charge in [0.05, 0.1) is 33.0 Å². The molecule has 0 radical (unpaired) electrons. The molecule has 0 spiro atoms. The Morgan fingerprint density at radius 1 is 0.875 bits per heavy atom. The summed E-state index contributed by atoms with van der Waals surface area (Å²) in [7, 11) is 2.03. The third kappa shape index (κ3) is 6.87. The van der Waals surface area contributed by atoms with Crippen molar-refractivity contribution in [2.45, 2.75) is 56.8 Å². The molecule has 0 aliphatic carbocycles. The number of rotatable bonds is 7. The van der Waals surface area contributed by atoms with Gasteiger partial charge in [-0.1, -0.05) is 23.7 Å². The van der Waals surface area contributed by atoms with E-state index >= 15 is 4.39 Å². The maximum Gasteiger partial charge on any atom is 0.328 e. The summed E-state index contributed by atoms with van der Waals surface area (Å²) >= 11 is 6.50. The van der Waals surface area contributed by atoms with Gasteiger partial charge in [-0.3, -0.25) is 15.0 Å². The van der Waals surface area contributed by atoms with Crippen LogP contribution in [0.25, 0.3) is 21.8 Å². The van der Waals surface area contributed by atoms with E-state index < -0.39 is 11.8 Å². The molecule has 0 saturated carbocycles. The second kappa shape index (κ2) is 15.1. The molecule has 6 heterocycles. The van der Waals surface area contributed by atoms with Crippen molar-refractivity contribution in [3.63, 3.8) is 0 Å². The van der Waals surface area contributed by atoms with Crippen LogP contribution in [0.3, 0.4) is 0 Å². The standard InChI is InChI=1S/C44H48ClFN8O2/c1-50-38(22-32-21-36(46)40(23-39(32)50)54-20-14-41(55)49-44(54)56)30-12-16-51(17-13-30)26-28-10-18-52(19-11-28)34-6-4-29(5-7-34)31-3-2-15-53(27-31)37-9-8-35(45)42-33(24-47)25-48-43(37)42/h4-9,21-23,25,28,30-31,48H,2-3,10-20,26-27H2,1H3,(H,49,55,56). The number of imide groups is 1. The molecule has 3 amide bonds. The molecule has 5 aromatic rings. The molecule has 4 aliphatic rings. The number of H-pyrrole nitrogens is 1. The minimum atomic E-state index is -0.573. The van der Waals surface area contributed by atoms with Gasteiger partial charge in [-0.25, -0.2) is 9.18 Å². The van der Waals surface area contributed by atoms with Crippen LogP contribution < -0.4 is 20.0 Å². The number of nitrogens with one attached hydrogen (secondary N) is 2. The third-order valence-corrected chi connectivity index (χ3v) is 13.3. The second-order valence-corrected chi connectivity index (χ2v) is 16.7. The molecule has 4 aliphatic heterocycles. The highest BCUT2D eigenvalue weighted by atomic mass is 35.5. The minimum absolute atomic E-state index is 0.159. The highest BCUT2D eigenvalue weighted by Crippen LogP contribution is 2.39. The minimum Gasteiger partial charge on any atom is -0.372 e. The molecular weight excluding hydrogens is 727 g/mol. The SMILES string of the molecule is Cn1c(C2CCN(CC3CCN(c4ccc(C5CCCN(c6ccc(Cl)c7c(C#N)c[nH]c67)C5)cc4)CC3)CC2)cc2cc(F)c(N3CCC(=O)NC3=O)cc21. The Balaban J connectivity index is 0.768. The quantitative estimate of drug-likeness (QED) is 0.173. The largest absolute Gasteiger partial charge is 0.372 e. The summed E-state index contributed by atoms with van der Waals surface area (Å²) < 4.78 is 17.4. The molecule has 12 heteroatoms. The number of aryl methyl sites for hydroxylation is 1. The summed E-state index contributed by atoms with van der Waals surface area (Å²) in [5.41, 5.74) is 7.67. The normalized spacial score (nSPS) is 20.6. The van der Waals surface area contributed by atoms with Crippen LogP contribution in [0.5, 0.6) is 0 Å². The molecule has 4 fully saturated rings. The van der Waals surface area contributed by atoms with Crippen molar-refractivity contribution in [3.05, 3.63) is 88.5 Å². The number of urea groups is 1. The molecule has 4 saturated heterocycles. The van der Waals surface area contributed by atoms with Gasteiger partial charge in [-0.2, -0.15) is 5.26 Å². The topological polar surface area (TPSA) is 104 Å². The van der Waals surface area contributed by atoms with Crippen LogP contribution in [-0.2, 0) is 11.8 Å². The number of amides is 3. The summed E-state index contributed by atoms with van der Waals surface area (Å²) in [6.45, 7) is 7.51. The van der Waals surface area contributed by atoms with Gasteiger partial charge in [0.1, 0.15) is 11.9 Å². The predicted molar refractivity (Wildman–Crippen MR) is 220 cm³/mol. The Morgan fingerprint density at radius 3 is 2.41 bits per heavy atom. The maximum absolute atomic E-state index is 15.2. The zero-order valence-electron chi connectivity index (χ0n) is 31.9. The number of piperidine rings is 3. The molecule has 2 N–H and O–H groups in total. The number of benzene rings is 3. The summed E-state index contributed by atoms with van der Waals surface area (Å²) in [6, 6.07) is 20.4. The van der Waals surface area contributed by atoms with Crippen molar-refractivity contribution >= 4 is 62.4 Å². The Kier molecular flexibility index (Phi) is 9.88. The summed E-state index contributed by atoms with van der Waals surface area (Å²) in [4.78, 5) is 36.3. The molecule has 290 valence electrons. The molecule has 1 atom stereocenters. The molecule has 10 nitrogen and oxygen atoms in total. The average Bonchev–Trinajstić information content (AvgIpc) is 3.80. The lowest BCUT2D eigenvalue weighted by molar-refractivity contribution is -0.120. The highest BCUT2D eigenvalue weighted by molar-refractivity contribution is 6.36. The predicted octanol–water partition coefficient (Wildman–Crippen LogP) is 8.25. The van der Waals surface area contributed by atoms with E-state index in [-0.39, 0.29) is 24.6 Å².